The van der Waals surface area contributed by atoms with Crippen molar-refractivity contribution in [1.29, 1.82) is 0 Å². The Morgan fingerprint density at radius 2 is 1.67 bits per heavy atom. The third kappa shape index (κ3) is 3.75. The molecule has 4 heterocycles. The number of piperazine rings is 1. The van der Waals surface area contributed by atoms with E-state index in [4.69, 9.17) is 4.42 Å². The summed E-state index contributed by atoms with van der Waals surface area (Å²) < 4.78 is 6.30. The topological polar surface area (TPSA) is 64.1 Å². The summed E-state index contributed by atoms with van der Waals surface area (Å²) in [7, 11) is 0. The van der Waals surface area contributed by atoms with Crippen LogP contribution in [0.3, 0.4) is 0 Å². The summed E-state index contributed by atoms with van der Waals surface area (Å²) in [5.74, 6) is 1.60. The number of nitrogens with one attached hydrogen (secondary N) is 2. The van der Waals surface area contributed by atoms with Crippen molar-refractivity contribution in [2.75, 3.05) is 26.2 Å². The first kappa shape index (κ1) is 20.3. The van der Waals surface area contributed by atoms with Gasteiger partial charge in [-0.25, -0.2) is 4.98 Å². The number of nitrogens with zero attached hydrogens (tertiary/aromatic N) is 3. The highest BCUT2D eigenvalue weighted by Crippen LogP contribution is 2.36. The van der Waals surface area contributed by atoms with E-state index in [9.17, 15) is 0 Å². The molecule has 168 valence electrons. The molecule has 6 rings (SSSR count). The molecule has 33 heavy (non-hydrogen) atoms. The number of fused-ring (bicyclic) bond motifs is 2. The van der Waals surface area contributed by atoms with Gasteiger partial charge >= 0.3 is 0 Å². The summed E-state index contributed by atoms with van der Waals surface area (Å²) >= 11 is 0. The number of aromatic amines is 2. The van der Waals surface area contributed by atoms with E-state index in [0.717, 1.165) is 66.0 Å². The predicted octanol–water partition coefficient (Wildman–Crippen LogP) is 5.50. The molecule has 3 aromatic heterocycles. The molecule has 2 N–H and O–H groups in total. The third-order valence-electron chi connectivity index (χ3n) is 6.88. The van der Waals surface area contributed by atoms with E-state index >= 15 is 0 Å². The molecule has 1 aliphatic rings. The average molecular weight is 440 g/mol. The van der Waals surface area contributed by atoms with Crippen molar-refractivity contribution in [3.05, 3.63) is 66.8 Å². The van der Waals surface area contributed by atoms with E-state index in [2.05, 4.69) is 81.1 Å². The lowest BCUT2D eigenvalue weighted by Gasteiger charge is -2.36. The summed E-state index contributed by atoms with van der Waals surface area (Å²) in [5, 5.41) is 2.34. The van der Waals surface area contributed by atoms with E-state index in [1.807, 2.05) is 18.6 Å². The second-order valence-corrected chi connectivity index (χ2v) is 9.24. The van der Waals surface area contributed by atoms with Gasteiger partial charge in [0.25, 0.3) is 0 Å². The van der Waals surface area contributed by atoms with Crippen LogP contribution in [0.15, 0.2) is 65.5 Å². The number of hydrogen-bond acceptors (Lipinski definition) is 4. The van der Waals surface area contributed by atoms with Crippen molar-refractivity contribution in [3.8, 4) is 22.6 Å². The van der Waals surface area contributed by atoms with Gasteiger partial charge in [-0.05, 0) is 55.3 Å². The van der Waals surface area contributed by atoms with Crippen LogP contribution in [0.5, 0.6) is 0 Å². The molecule has 6 nitrogen and oxygen atoms in total. The van der Waals surface area contributed by atoms with Crippen molar-refractivity contribution in [3.63, 3.8) is 0 Å². The van der Waals surface area contributed by atoms with Gasteiger partial charge in [-0.3, -0.25) is 9.80 Å². The maximum atomic E-state index is 6.30. The lowest BCUT2D eigenvalue weighted by atomic mass is 9.97. The van der Waals surface area contributed by atoms with Crippen LogP contribution >= 0.6 is 0 Å². The number of hydrogen-bond donors (Lipinski definition) is 2. The van der Waals surface area contributed by atoms with Gasteiger partial charge in [0.2, 0.25) is 5.89 Å². The molecular formula is C27H29N5O. The quantitative estimate of drug-likeness (QED) is 0.380. The summed E-state index contributed by atoms with van der Waals surface area (Å²) in [6.45, 7) is 9.68. The highest BCUT2D eigenvalue weighted by atomic mass is 16.4. The van der Waals surface area contributed by atoms with Crippen molar-refractivity contribution in [2.45, 2.75) is 26.4 Å². The van der Waals surface area contributed by atoms with Crippen molar-refractivity contribution >= 4 is 21.8 Å². The summed E-state index contributed by atoms with van der Waals surface area (Å²) in [6, 6.07) is 15.6. The van der Waals surface area contributed by atoms with Crippen molar-refractivity contribution < 1.29 is 4.42 Å². The highest BCUT2D eigenvalue weighted by Gasteiger charge is 2.21. The first-order valence-electron chi connectivity index (χ1n) is 11.7. The molecule has 1 saturated heterocycles. The van der Waals surface area contributed by atoms with Gasteiger partial charge in [-0.15, -0.1) is 0 Å². The first-order chi connectivity index (χ1) is 16.2. The monoisotopic (exact) mass is 439 g/mol. The number of aromatic nitrogens is 3. The van der Waals surface area contributed by atoms with E-state index in [0.29, 0.717) is 11.9 Å². The van der Waals surface area contributed by atoms with Gasteiger partial charge in [-0.2, -0.15) is 0 Å². The van der Waals surface area contributed by atoms with Gasteiger partial charge in [0, 0.05) is 72.0 Å². The van der Waals surface area contributed by atoms with E-state index < -0.39 is 0 Å². The van der Waals surface area contributed by atoms with E-state index in [1.165, 1.54) is 10.9 Å². The Bertz CT molecular complexity index is 1400. The van der Waals surface area contributed by atoms with Crippen LogP contribution in [0.1, 0.15) is 19.6 Å². The Morgan fingerprint density at radius 1 is 0.909 bits per heavy atom. The highest BCUT2D eigenvalue weighted by molar-refractivity contribution is 6.01. The zero-order valence-corrected chi connectivity index (χ0v) is 19.1. The number of benzene rings is 2. The van der Waals surface area contributed by atoms with Crippen LogP contribution in [-0.4, -0.2) is 57.0 Å². The van der Waals surface area contributed by atoms with Gasteiger partial charge < -0.3 is 14.4 Å². The second kappa shape index (κ2) is 8.21. The zero-order chi connectivity index (χ0) is 22.4. The van der Waals surface area contributed by atoms with Crippen molar-refractivity contribution in [1.82, 2.24) is 24.8 Å². The van der Waals surface area contributed by atoms with E-state index in [-0.39, 0.29) is 0 Å². The Labute approximate surface area is 193 Å². The third-order valence-corrected chi connectivity index (χ3v) is 6.88. The minimum atomic E-state index is 0.609. The molecular weight excluding hydrogens is 410 g/mol. The lowest BCUT2D eigenvalue weighted by molar-refractivity contribution is 0.0992. The Kier molecular flexibility index (Phi) is 5.04. The maximum Gasteiger partial charge on any atom is 0.227 e. The fraction of sp³-hybridized carbons (Fsp3) is 0.296. The number of H-pyrrole nitrogens is 2. The molecule has 1 aliphatic heterocycles. The normalized spacial score (nSPS) is 15.8. The maximum absolute atomic E-state index is 6.30. The minimum Gasteiger partial charge on any atom is -0.440 e. The van der Waals surface area contributed by atoms with Crippen molar-refractivity contribution in [2.24, 2.45) is 0 Å². The molecule has 0 unspecified atom stereocenters. The SMILES string of the molecule is CC(C)N1CCN(Cc2cnc(-c3cc(-c4cccc5[nH]ccc45)cc4[nH]ccc34)o2)CC1. The summed E-state index contributed by atoms with van der Waals surface area (Å²) in [6.07, 6.45) is 5.86. The fourth-order valence-corrected chi connectivity index (χ4v) is 5.00. The van der Waals surface area contributed by atoms with Crippen LogP contribution < -0.4 is 0 Å². The molecule has 0 spiro atoms. The molecule has 0 amide bonds. The predicted molar refractivity (Wildman–Crippen MR) is 133 cm³/mol. The smallest absolute Gasteiger partial charge is 0.227 e. The van der Waals surface area contributed by atoms with Crippen LogP contribution in [0.4, 0.5) is 0 Å². The Morgan fingerprint density at radius 3 is 2.45 bits per heavy atom. The molecule has 0 aliphatic carbocycles. The standard InChI is InChI=1S/C27H29N5O/c1-18(2)32-12-10-31(11-13-32)17-20-16-30-27(33-20)24-14-19(15-26-23(24)7-9-29-26)21-4-3-5-25-22(21)6-8-28-25/h3-9,14-16,18,28-29H,10-13,17H2,1-2H3. The zero-order valence-electron chi connectivity index (χ0n) is 19.1. The molecule has 0 radical (unpaired) electrons. The Balaban J connectivity index is 1.32. The molecule has 6 heteroatoms. The lowest BCUT2D eigenvalue weighted by Crippen LogP contribution is -2.48. The molecule has 0 saturated carbocycles. The van der Waals surface area contributed by atoms with Crippen LogP contribution in [-0.2, 0) is 6.54 Å². The number of oxazole rings is 1. The molecule has 0 bridgehead atoms. The van der Waals surface area contributed by atoms with Gasteiger partial charge in [0.15, 0.2) is 0 Å². The van der Waals surface area contributed by atoms with Gasteiger partial charge in [0.05, 0.1) is 12.7 Å². The Hall–Kier alpha value is -3.35. The van der Waals surface area contributed by atoms with E-state index in [1.54, 1.807) is 0 Å². The van der Waals surface area contributed by atoms with Gasteiger partial charge in [-0.1, -0.05) is 12.1 Å². The van der Waals surface area contributed by atoms with Crippen LogP contribution in [0, 0.1) is 0 Å². The molecule has 2 aromatic carbocycles. The number of rotatable bonds is 5. The summed E-state index contributed by atoms with van der Waals surface area (Å²) in [5.41, 5.74) is 5.58. The average Bonchev–Trinajstić information content (AvgIpc) is 3.59. The minimum absolute atomic E-state index is 0.609. The van der Waals surface area contributed by atoms with Gasteiger partial charge in [0.1, 0.15) is 5.76 Å². The largest absolute Gasteiger partial charge is 0.440 e. The van der Waals surface area contributed by atoms with Crippen LogP contribution in [0.2, 0.25) is 0 Å². The molecule has 1 fully saturated rings. The molecule has 5 aromatic rings. The first-order valence-corrected chi connectivity index (χ1v) is 11.7. The fourth-order valence-electron chi connectivity index (χ4n) is 5.00. The van der Waals surface area contributed by atoms with Crippen LogP contribution in [0.25, 0.3) is 44.4 Å². The molecule has 0 atom stereocenters. The summed E-state index contributed by atoms with van der Waals surface area (Å²) in [4.78, 5) is 16.4. The second-order valence-electron chi connectivity index (χ2n) is 9.24.